The highest BCUT2D eigenvalue weighted by Crippen LogP contribution is 2.26. The number of piperidine rings is 1. The fourth-order valence-electron chi connectivity index (χ4n) is 2.49. The second kappa shape index (κ2) is 8.94. The Morgan fingerprint density at radius 1 is 1.33 bits per heavy atom. The molecule has 1 aromatic carbocycles. The number of halogens is 2. The van der Waals surface area contributed by atoms with Crippen LogP contribution >= 0.6 is 23.2 Å². The molecule has 2 amide bonds. The molecule has 1 saturated heterocycles. The molecule has 0 bridgehead atoms. The third kappa shape index (κ3) is 5.14. The number of benzene rings is 1. The second-order valence-corrected chi connectivity index (χ2v) is 6.23. The van der Waals surface area contributed by atoms with E-state index >= 15 is 0 Å². The largest absolute Gasteiger partial charge is 0.450 e. The Hall–Kier alpha value is -1.72. The van der Waals surface area contributed by atoms with Gasteiger partial charge in [0.15, 0.2) is 0 Å². The summed E-state index contributed by atoms with van der Waals surface area (Å²) in [7, 11) is 0. The van der Waals surface area contributed by atoms with Crippen molar-refractivity contribution in [1.29, 1.82) is 0 Å². The Morgan fingerprint density at radius 3 is 2.71 bits per heavy atom. The maximum absolute atomic E-state index is 12.0. The van der Waals surface area contributed by atoms with E-state index in [1.54, 1.807) is 36.1 Å². The van der Waals surface area contributed by atoms with Crippen LogP contribution in [0.15, 0.2) is 24.3 Å². The molecule has 5 nitrogen and oxygen atoms in total. The first-order chi connectivity index (χ1) is 11.5. The number of nitrogens with zero attached hydrogens (tertiary/aromatic N) is 1. The summed E-state index contributed by atoms with van der Waals surface area (Å²) in [5, 5.41) is 3.81. The summed E-state index contributed by atoms with van der Waals surface area (Å²) in [4.78, 5) is 25.3. The van der Waals surface area contributed by atoms with Gasteiger partial charge in [-0.3, -0.25) is 4.79 Å². The van der Waals surface area contributed by atoms with Gasteiger partial charge in [-0.05, 0) is 37.5 Å². The van der Waals surface area contributed by atoms with Crippen LogP contribution in [0.4, 0.5) is 4.79 Å². The first kappa shape index (κ1) is 18.6. The average molecular weight is 371 g/mol. The third-order valence-electron chi connectivity index (χ3n) is 3.76. The highest BCUT2D eigenvalue weighted by molar-refractivity contribution is 6.42. The van der Waals surface area contributed by atoms with Gasteiger partial charge in [0.1, 0.15) is 0 Å². The van der Waals surface area contributed by atoms with Crippen molar-refractivity contribution >= 4 is 41.3 Å². The number of hydrogen-bond acceptors (Lipinski definition) is 3. The van der Waals surface area contributed by atoms with E-state index in [4.69, 9.17) is 27.9 Å². The predicted molar refractivity (Wildman–Crippen MR) is 95.3 cm³/mol. The van der Waals surface area contributed by atoms with Gasteiger partial charge < -0.3 is 15.0 Å². The fourth-order valence-corrected chi connectivity index (χ4v) is 2.86. The van der Waals surface area contributed by atoms with Gasteiger partial charge in [-0.1, -0.05) is 35.3 Å². The molecule has 24 heavy (non-hydrogen) atoms. The maximum atomic E-state index is 12.0. The van der Waals surface area contributed by atoms with E-state index in [2.05, 4.69) is 5.32 Å². The summed E-state index contributed by atoms with van der Waals surface area (Å²) in [5.74, 6) is -0.194. The number of nitrogens with one attached hydrogen (secondary N) is 1. The van der Waals surface area contributed by atoms with Gasteiger partial charge >= 0.3 is 6.09 Å². The molecular weight excluding hydrogens is 351 g/mol. The minimum absolute atomic E-state index is 0.0441. The molecular formula is C17H20Cl2N2O3. The Balaban J connectivity index is 1.82. The molecule has 0 saturated carbocycles. The van der Waals surface area contributed by atoms with Crippen LogP contribution in [-0.4, -0.2) is 42.6 Å². The highest BCUT2D eigenvalue weighted by Gasteiger charge is 2.24. The smallest absolute Gasteiger partial charge is 0.409 e. The number of amides is 2. The standard InChI is InChI=1S/C17H20Cl2N2O3/c1-2-24-17(23)21-10-8-13(9-11-21)20-15(22)7-6-12-4-3-5-14(18)16(12)19/h3-7,13H,2,8-11H2,1H3,(H,20,22)/b7-6+. The number of likely N-dealkylation sites (tertiary alicyclic amines) is 1. The molecule has 1 aliphatic rings. The minimum atomic E-state index is -0.294. The molecule has 0 aliphatic carbocycles. The molecule has 130 valence electrons. The van der Waals surface area contributed by atoms with Gasteiger partial charge in [-0.15, -0.1) is 0 Å². The normalized spacial score (nSPS) is 15.5. The molecule has 1 fully saturated rings. The van der Waals surface area contributed by atoms with Crippen LogP contribution in [0, 0.1) is 0 Å². The Morgan fingerprint density at radius 2 is 2.04 bits per heavy atom. The first-order valence-corrected chi connectivity index (χ1v) is 8.61. The molecule has 2 rings (SSSR count). The van der Waals surface area contributed by atoms with Crippen LogP contribution in [0.1, 0.15) is 25.3 Å². The van der Waals surface area contributed by atoms with Crippen LogP contribution in [0.3, 0.4) is 0 Å². The molecule has 1 heterocycles. The summed E-state index contributed by atoms with van der Waals surface area (Å²) < 4.78 is 4.97. The van der Waals surface area contributed by atoms with Crippen LogP contribution in [0.25, 0.3) is 6.08 Å². The fraction of sp³-hybridized carbons (Fsp3) is 0.412. The molecule has 0 spiro atoms. The Labute approximate surface area is 151 Å². The van der Waals surface area contributed by atoms with Crippen molar-refractivity contribution in [3.05, 3.63) is 39.9 Å². The van der Waals surface area contributed by atoms with E-state index in [0.717, 1.165) is 0 Å². The molecule has 1 N–H and O–H groups in total. The number of ether oxygens (including phenoxy) is 1. The summed E-state index contributed by atoms with van der Waals surface area (Å²) in [6, 6.07) is 5.30. The van der Waals surface area contributed by atoms with Crippen molar-refractivity contribution in [2.45, 2.75) is 25.8 Å². The van der Waals surface area contributed by atoms with Gasteiger partial charge in [-0.2, -0.15) is 0 Å². The molecule has 0 radical (unpaired) electrons. The number of carbonyl (C=O) groups is 2. The maximum Gasteiger partial charge on any atom is 0.409 e. The SMILES string of the molecule is CCOC(=O)N1CCC(NC(=O)/C=C/c2cccc(Cl)c2Cl)CC1. The molecule has 1 aliphatic heterocycles. The van der Waals surface area contributed by atoms with Crippen LogP contribution < -0.4 is 5.32 Å². The lowest BCUT2D eigenvalue weighted by atomic mass is 10.1. The van der Waals surface area contributed by atoms with E-state index in [9.17, 15) is 9.59 Å². The average Bonchev–Trinajstić information content (AvgIpc) is 2.57. The lowest BCUT2D eigenvalue weighted by molar-refractivity contribution is -0.117. The molecule has 0 unspecified atom stereocenters. The summed E-state index contributed by atoms with van der Waals surface area (Å²) in [6.45, 7) is 3.30. The number of carbonyl (C=O) groups excluding carboxylic acids is 2. The van der Waals surface area contributed by atoms with Gasteiger partial charge in [0.2, 0.25) is 5.91 Å². The number of rotatable bonds is 4. The summed E-state index contributed by atoms with van der Waals surface area (Å²) >= 11 is 12.0. The van der Waals surface area contributed by atoms with Crippen molar-refractivity contribution in [3.8, 4) is 0 Å². The molecule has 0 aromatic heterocycles. The zero-order chi connectivity index (χ0) is 17.5. The van der Waals surface area contributed by atoms with E-state index in [1.165, 1.54) is 6.08 Å². The quantitative estimate of drug-likeness (QED) is 0.821. The summed E-state index contributed by atoms with van der Waals surface area (Å²) in [5.41, 5.74) is 0.691. The predicted octanol–water partition coefficient (Wildman–Crippen LogP) is 3.74. The van der Waals surface area contributed by atoms with Crippen LogP contribution in [-0.2, 0) is 9.53 Å². The second-order valence-electron chi connectivity index (χ2n) is 5.45. The zero-order valence-electron chi connectivity index (χ0n) is 13.4. The van der Waals surface area contributed by atoms with Crippen molar-refractivity contribution in [2.24, 2.45) is 0 Å². The Bertz CT molecular complexity index is 626. The lowest BCUT2D eigenvalue weighted by Crippen LogP contribution is -2.46. The van der Waals surface area contributed by atoms with Crippen molar-refractivity contribution in [1.82, 2.24) is 10.2 Å². The van der Waals surface area contributed by atoms with Crippen LogP contribution in [0.5, 0.6) is 0 Å². The topological polar surface area (TPSA) is 58.6 Å². The van der Waals surface area contributed by atoms with Gasteiger partial charge in [0.05, 0.1) is 16.7 Å². The molecule has 1 aromatic rings. The van der Waals surface area contributed by atoms with E-state index in [-0.39, 0.29) is 18.0 Å². The van der Waals surface area contributed by atoms with Gasteiger partial charge in [-0.25, -0.2) is 4.79 Å². The lowest BCUT2D eigenvalue weighted by Gasteiger charge is -2.31. The Kier molecular flexibility index (Phi) is 6.94. The highest BCUT2D eigenvalue weighted by atomic mass is 35.5. The minimum Gasteiger partial charge on any atom is -0.450 e. The third-order valence-corrected chi connectivity index (χ3v) is 4.60. The molecule has 7 heteroatoms. The van der Waals surface area contributed by atoms with E-state index in [0.29, 0.717) is 48.1 Å². The van der Waals surface area contributed by atoms with Gasteiger partial charge in [0.25, 0.3) is 0 Å². The first-order valence-electron chi connectivity index (χ1n) is 7.85. The monoisotopic (exact) mass is 370 g/mol. The van der Waals surface area contributed by atoms with Crippen molar-refractivity contribution in [3.63, 3.8) is 0 Å². The summed E-state index contributed by atoms with van der Waals surface area (Å²) in [6.07, 6.45) is 4.19. The number of hydrogen-bond donors (Lipinski definition) is 1. The van der Waals surface area contributed by atoms with Crippen molar-refractivity contribution in [2.75, 3.05) is 19.7 Å². The zero-order valence-corrected chi connectivity index (χ0v) is 14.9. The van der Waals surface area contributed by atoms with Gasteiger partial charge in [0, 0.05) is 25.2 Å². The molecule has 0 atom stereocenters. The van der Waals surface area contributed by atoms with E-state index < -0.39 is 0 Å². The van der Waals surface area contributed by atoms with Crippen LogP contribution in [0.2, 0.25) is 10.0 Å². The van der Waals surface area contributed by atoms with Crippen molar-refractivity contribution < 1.29 is 14.3 Å². The van der Waals surface area contributed by atoms with E-state index in [1.807, 2.05) is 0 Å².